The third kappa shape index (κ3) is 6.57. The van der Waals surface area contributed by atoms with Crippen LogP contribution >= 0.6 is 11.9 Å². The number of ether oxygens (including phenoxy) is 2. The first kappa shape index (κ1) is 29.0. The van der Waals surface area contributed by atoms with Gasteiger partial charge < -0.3 is 14.6 Å². The summed E-state index contributed by atoms with van der Waals surface area (Å²) in [6.45, 7) is 6.30. The highest BCUT2D eigenvalue weighted by atomic mass is 32.2. The van der Waals surface area contributed by atoms with Crippen LogP contribution in [0.2, 0.25) is 0 Å². The molecule has 1 aliphatic rings. The molecule has 5 rings (SSSR count). The topological polar surface area (TPSA) is 86.5 Å². The molecule has 0 fully saturated rings. The third-order valence-electron chi connectivity index (χ3n) is 6.19. The molecule has 40 heavy (non-hydrogen) atoms. The maximum atomic E-state index is 13.1. The van der Waals surface area contributed by atoms with Crippen molar-refractivity contribution in [3.05, 3.63) is 83.7 Å². The van der Waals surface area contributed by atoms with Crippen molar-refractivity contribution in [2.45, 2.75) is 51.3 Å². The molecular weight excluding hydrogens is 522 g/mol. The number of benzene rings is 2. The number of carbonyl (C=O) groups is 1. The van der Waals surface area contributed by atoms with Crippen LogP contribution in [0.5, 0.6) is 17.2 Å². The van der Waals surface area contributed by atoms with Crippen molar-refractivity contribution in [1.82, 2.24) is 13.9 Å². The second kappa shape index (κ2) is 13.3. The summed E-state index contributed by atoms with van der Waals surface area (Å²) >= 11 is 1.52. The van der Waals surface area contributed by atoms with Crippen molar-refractivity contribution in [3.63, 3.8) is 0 Å². The number of aromatic hydroxyl groups is 1. The first-order chi connectivity index (χ1) is 19.4. The van der Waals surface area contributed by atoms with Crippen molar-refractivity contribution in [2.24, 2.45) is 0 Å². The molecule has 1 aliphatic carbocycles. The van der Waals surface area contributed by atoms with Crippen LogP contribution in [0.25, 0.3) is 22.4 Å². The lowest BCUT2D eigenvalue weighted by molar-refractivity contribution is -0.114. The van der Waals surface area contributed by atoms with E-state index in [2.05, 4.69) is 45.0 Å². The van der Waals surface area contributed by atoms with Gasteiger partial charge in [0.1, 0.15) is 5.52 Å². The lowest BCUT2D eigenvalue weighted by atomic mass is 9.99. The van der Waals surface area contributed by atoms with E-state index in [-0.39, 0.29) is 23.7 Å². The zero-order valence-corrected chi connectivity index (χ0v) is 24.4. The smallest absolute Gasteiger partial charge is 0.203 e. The number of Topliss-reactive ketones (excluding diaryl/α,β-unsaturated/α-hetero) is 1. The van der Waals surface area contributed by atoms with Crippen LogP contribution in [-0.2, 0) is 11.2 Å². The number of aromatic nitrogens is 3. The lowest BCUT2D eigenvalue weighted by Crippen LogP contribution is -2.06. The fourth-order valence-corrected chi connectivity index (χ4v) is 5.15. The fraction of sp³-hybridized carbons (Fsp3) is 0.281. The van der Waals surface area contributed by atoms with Gasteiger partial charge in [-0.3, -0.25) is 8.77 Å². The Balaban J connectivity index is 0.00000118. The summed E-state index contributed by atoms with van der Waals surface area (Å²) in [6, 6.07) is 11.6. The van der Waals surface area contributed by atoms with Crippen molar-refractivity contribution in [2.75, 3.05) is 14.2 Å². The van der Waals surface area contributed by atoms with Gasteiger partial charge in [0.25, 0.3) is 0 Å². The van der Waals surface area contributed by atoms with Gasteiger partial charge in [-0.2, -0.15) is 0 Å². The minimum absolute atomic E-state index is 0.0475. The van der Waals surface area contributed by atoms with Crippen molar-refractivity contribution in [1.29, 1.82) is 0 Å². The number of ketones is 1. The van der Waals surface area contributed by atoms with Crippen LogP contribution in [0.15, 0.2) is 77.5 Å². The summed E-state index contributed by atoms with van der Waals surface area (Å²) in [7, 11) is 2.98. The van der Waals surface area contributed by atoms with Gasteiger partial charge in [0.05, 0.1) is 26.1 Å². The predicted octanol–water partition coefficient (Wildman–Crippen LogP) is 7.49. The number of rotatable bonds is 8. The molecule has 1 N–H and O–H groups in total. The van der Waals surface area contributed by atoms with E-state index in [0.717, 1.165) is 28.9 Å². The van der Waals surface area contributed by atoms with Gasteiger partial charge in [-0.15, -0.1) is 0 Å². The maximum absolute atomic E-state index is 13.1. The molecule has 208 valence electrons. The highest BCUT2D eigenvalue weighted by molar-refractivity contribution is 7.98. The van der Waals surface area contributed by atoms with Crippen LogP contribution in [0.1, 0.15) is 44.2 Å². The van der Waals surface area contributed by atoms with E-state index in [9.17, 15) is 9.90 Å². The second-order valence-corrected chi connectivity index (χ2v) is 10.5. The summed E-state index contributed by atoms with van der Waals surface area (Å²) in [6.07, 6.45) is 12.8. The van der Waals surface area contributed by atoms with Gasteiger partial charge in [0.2, 0.25) is 5.75 Å². The number of hydrogen-bond donors (Lipinski definition) is 1. The van der Waals surface area contributed by atoms with Crippen LogP contribution in [-0.4, -0.2) is 39.0 Å². The number of aryl methyl sites for hydroxylation is 1. The van der Waals surface area contributed by atoms with Crippen molar-refractivity contribution < 1.29 is 19.4 Å². The normalized spacial score (nSPS) is 12.5. The minimum Gasteiger partial charge on any atom is -0.504 e. The molecule has 0 amide bonds. The number of hydrogen-bond acceptors (Lipinski definition) is 7. The van der Waals surface area contributed by atoms with E-state index < -0.39 is 0 Å². The number of carbonyl (C=O) groups excluding carboxylic acids is 1. The Bertz CT molecular complexity index is 1550. The fourth-order valence-electron chi connectivity index (χ4n) is 4.26. The van der Waals surface area contributed by atoms with Crippen molar-refractivity contribution in [3.8, 4) is 28.5 Å². The summed E-state index contributed by atoms with van der Waals surface area (Å²) < 4.78 is 12.6. The standard InChI is InChI=1S/C29H27N3O4S.C3H8/c1-18-9-11-22(12-10-18)37-32-17-21(14-24(33)19-7-5-4-6-8-19)27-29(32)30-16-23(31-27)20-13-25(34)28(36-3)26(15-20)35-2;1-3-2/h5,7-13,15-17,34H,4,6,14H2,1-3H3;3H2,1-2H3. The predicted molar refractivity (Wildman–Crippen MR) is 161 cm³/mol. The zero-order valence-electron chi connectivity index (χ0n) is 23.6. The first-order valence-electron chi connectivity index (χ1n) is 13.4. The Morgan fingerprint density at radius 3 is 2.50 bits per heavy atom. The largest absolute Gasteiger partial charge is 0.504 e. The van der Waals surface area contributed by atoms with E-state index >= 15 is 0 Å². The minimum atomic E-state index is -0.0577. The summed E-state index contributed by atoms with van der Waals surface area (Å²) in [5.41, 5.74) is 5.18. The molecule has 0 saturated heterocycles. The molecule has 0 bridgehead atoms. The SMILES string of the molecule is CCC.COc1cc(-c2cnc3c(n2)c(CC(=O)C2=CCCC=C2)cn3Sc2ccc(C)cc2)cc(O)c1OC. The van der Waals surface area contributed by atoms with Gasteiger partial charge in [-0.05, 0) is 56.0 Å². The van der Waals surface area contributed by atoms with Crippen LogP contribution in [0, 0.1) is 6.92 Å². The van der Waals surface area contributed by atoms with Gasteiger partial charge in [-0.25, -0.2) is 9.97 Å². The molecule has 0 radical (unpaired) electrons. The average molecular weight is 558 g/mol. The first-order valence-corrected chi connectivity index (χ1v) is 14.1. The van der Waals surface area contributed by atoms with Gasteiger partial charge in [0, 0.05) is 34.2 Å². The molecule has 0 atom stereocenters. The molecule has 0 spiro atoms. The Morgan fingerprint density at radius 2 is 1.85 bits per heavy atom. The summed E-state index contributed by atoms with van der Waals surface area (Å²) in [5.74, 6) is 0.628. The average Bonchev–Trinajstić information content (AvgIpc) is 3.30. The molecule has 0 unspecified atom stereocenters. The summed E-state index contributed by atoms with van der Waals surface area (Å²) in [5, 5.41) is 10.5. The third-order valence-corrected chi connectivity index (χ3v) is 7.14. The number of phenols is 1. The van der Waals surface area contributed by atoms with Crippen molar-refractivity contribution >= 4 is 28.9 Å². The maximum Gasteiger partial charge on any atom is 0.203 e. The molecule has 0 saturated carbocycles. The van der Waals surface area contributed by atoms with Crippen LogP contribution in [0.4, 0.5) is 0 Å². The Morgan fingerprint density at radius 1 is 1.10 bits per heavy atom. The highest BCUT2D eigenvalue weighted by Crippen LogP contribution is 2.40. The van der Waals surface area contributed by atoms with E-state index in [1.165, 1.54) is 38.2 Å². The van der Waals surface area contributed by atoms with Gasteiger partial charge >= 0.3 is 0 Å². The number of nitrogens with zero attached hydrogens (tertiary/aromatic N) is 3. The molecule has 4 aromatic rings. The van der Waals surface area contributed by atoms with E-state index in [4.69, 9.17) is 19.4 Å². The zero-order chi connectivity index (χ0) is 28.6. The van der Waals surface area contributed by atoms with E-state index in [1.807, 2.05) is 28.4 Å². The van der Waals surface area contributed by atoms with E-state index in [0.29, 0.717) is 28.2 Å². The van der Waals surface area contributed by atoms with Crippen LogP contribution < -0.4 is 9.47 Å². The molecule has 2 aromatic carbocycles. The Kier molecular flexibility index (Phi) is 9.66. The number of fused-ring (bicyclic) bond motifs is 1. The molecular formula is C32H35N3O4S. The van der Waals surface area contributed by atoms with Gasteiger partial charge in [0.15, 0.2) is 22.9 Å². The molecule has 7 nitrogen and oxygen atoms in total. The Labute approximate surface area is 239 Å². The Hall–Kier alpha value is -4.04. The number of methoxy groups -OCH3 is 2. The quantitative estimate of drug-likeness (QED) is 0.240. The van der Waals surface area contributed by atoms with Crippen LogP contribution in [0.3, 0.4) is 0 Å². The molecule has 2 aromatic heterocycles. The van der Waals surface area contributed by atoms with Gasteiger partial charge in [-0.1, -0.05) is 56.2 Å². The monoisotopic (exact) mass is 557 g/mol. The summed E-state index contributed by atoms with van der Waals surface area (Å²) in [4.78, 5) is 23.8. The molecule has 8 heteroatoms. The molecule has 0 aliphatic heterocycles. The number of phenolic OH excluding ortho intramolecular Hbond substituents is 1. The van der Waals surface area contributed by atoms with E-state index in [1.54, 1.807) is 18.3 Å². The lowest BCUT2D eigenvalue weighted by Gasteiger charge is -2.11. The number of allylic oxidation sites excluding steroid dienone is 4. The highest BCUT2D eigenvalue weighted by Gasteiger charge is 2.20. The second-order valence-electron chi connectivity index (χ2n) is 9.49. The molecule has 2 heterocycles.